The third kappa shape index (κ3) is 1.93. The van der Waals surface area contributed by atoms with Crippen LogP contribution in [0.5, 0.6) is 0 Å². The lowest BCUT2D eigenvalue weighted by Crippen LogP contribution is -1.96. The summed E-state index contributed by atoms with van der Waals surface area (Å²) in [5.74, 6) is 1.28. The number of rotatable bonds is 3. The zero-order chi connectivity index (χ0) is 10.7. The Morgan fingerprint density at radius 1 is 1.33 bits per heavy atom. The minimum atomic E-state index is 0.296. The number of nitrogens with zero attached hydrogens (tertiary/aromatic N) is 4. The Morgan fingerprint density at radius 2 is 2.13 bits per heavy atom. The van der Waals surface area contributed by atoms with Gasteiger partial charge in [0.15, 0.2) is 17.3 Å². The maximum Gasteiger partial charge on any atom is 0.280 e. The maximum absolute atomic E-state index is 5.63. The van der Waals surface area contributed by atoms with Gasteiger partial charge >= 0.3 is 0 Å². The van der Waals surface area contributed by atoms with E-state index < -0.39 is 0 Å². The number of aryl methyl sites for hydroxylation is 1. The second-order valence-corrected chi connectivity index (χ2v) is 3.06. The van der Waals surface area contributed by atoms with E-state index in [9.17, 15) is 0 Å². The Hall–Kier alpha value is -1.98. The molecule has 0 saturated carbocycles. The highest BCUT2D eigenvalue weighted by Crippen LogP contribution is 2.18. The van der Waals surface area contributed by atoms with Crippen LogP contribution in [0.4, 0.5) is 5.82 Å². The first-order valence-corrected chi connectivity index (χ1v) is 4.70. The molecule has 0 aromatic carbocycles. The van der Waals surface area contributed by atoms with Crippen LogP contribution >= 0.6 is 0 Å². The van der Waals surface area contributed by atoms with E-state index in [1.165, 1.54) is 12.4 Å². The minimum absolute atomic E-state index is 0.296. The van der Waals surface area contributed by atoms with Gasteiger partial charge in [-0.05, 0) is 6.42 Å². The lowest BCUT2D eigenvalue weighted by atomic mass is 10.3. The van der Waals surface area contributed by atoms with Crippen LogP contribution in [-0.2, 0) is 6.42 Å². The van der Waals surface area contributed by atoms with Crippen LogP contribution in [0.2, 0.25) is 0 Å². The number of hydrogen-bond acceptors (Lipinski definition) is 6. The van der Waals surface area contributed by atoms with Gasteiger partial charge in [-0.15, -0.1) is 0 Å². The molecule has 0 bridgehead atoms. The molecule has 2 heterocycles. The highest BCUT2D eigenvalue weighted by molar-refractivity contribution is 5.61. The van der Waals surface area contributed by atoms with Crippen molar-refractivity contribution in [1.82, 2.24) is 20.1 Å². The highest BCUT2D eigenvalue weighted by Gasteiger charge is 2.12. The summed E-state index contributed by atoms with van der Waals surface area (Å²) in [4.78, 5) is 12.1. The average Bonchev–Trinajstić information content (AvgIpc) is 2.68. The van der Waals surface area contributed by atoms with Crippen molar-refractivity contribution in [1.29, 1.82) is 0 Å². The summed E-state index contributed by atoms with van der Waals surface area (Å²) in [5, 5.41) is 3.81. The van der Waals surface area contributed by atoms with Crippen molar-refractivity contribution in [2.45, 2.75) is 19.8 Å². The van der Waals surface area contributed by atoms with Crippen LogP contribution in [0.25, 0.3) is 11.6 Å². The largest absolute Gasteiger partial charge is 0.382 e. The first-order valence-electron chi connectivity index (χ1n) is 4.70. The van der Waals surface area contributed by atoms with Gasteiger partial charge in [-0.25, -0.2) is 9.97 Å². The van der Waals surface area contributed by atoms with Crippen molar-refractivity contribution in [3.8, 4) is 11.6 Å². The second kappa shape index (κ2) is 4.04. The fourth-order valence-corrected chi connectivity index (χ4v) is 1.19. The van der Waals surface area contributed by atoms with Crippen molar-refractivity contribution in [2.75, 3.05) is 5.73 Å². The standard InChI is InChI=1S/C9H11N5O/c1-2-3-6-13-9(15-14-6)7-8(10)12-5-4-11-7/h4-5H,2-3H2,1H3,(H2,10,12). The van der Waals surface area contributed by atoms with Gasteiger partial charge in [0.1, 0.15) is 0 Å². The molecule has 0 fully saturated rings. The molecule has 15 heavy (non-hydrogen) atoms. The van der Waals surface area contributed by atoms with Crippen molar-refractivity contribution in [3.63, 3.8) is 0 Å². The molecular weight excluding hydrogens is 194 g/mol. The first kappa shape index (κ1) is 9.57. The third-order valence-electron chi connectivity index (χ3n) is 1.87. The molecule has 0 saturated heterocycles. The van der Waals surface area contributed by atoms with Gasteiger partial charge < -0.3 is 10.3 Å². The van der Waals surface area contributed by atoms with E-state index in [1.54, 1.807) is 0 Å². The van der Waals surface area contributed by atoms with Gasteiger partial charge in [-0.1, -0.05) is 12.1 Å². The smallest absolute Gasteiger partial charge is 0.280 e. The van der Waals surface area contributed by atoms with Crippen molar-refractivity contribution in [2.24, 2.45) is 0 Å². The van der Waals surface area contributed by atoms with Gasteiger partial charge in [0.25, 0.3) is 5.89 Å². The van der Waals surface area contributed by atoms with Crippen LogP contribution < -0.4 is 5.73 Å². The van der Waals surface area contributed by atoms with Crippen molar-refractivity contribution >= 4 is 5.82 Å². The van der Waals surface area contributed by atoms with Crippen LogP contribution in [0.15, 0.2) is 16.9 Å². The molecule has 2 aromatic heterocycles. The van der Waals surface area contributed by atoms with E-state index in [-0.39, 0.29) is 0 Å². The van der Waals surface area contributed by atoms with Crippen LogP contribution in [0.3, 0.4) is 0 Å². The Kier molecular flexibility index (Phi) is 2.57. The summed E-state index contributed by atoms with van der Waals surface area (Å²) in [5.41, 5.74) is 6.07. The molecule has 0 aliphatic rings. The zero-order valence-corrected chi connectivity index (χ0v) is 8.34. The van der Waals surface area contributed by atoms with Gasteiger partial charge in [-0.3, -0.25) is 0 Å². The lowest BCUT2D eigenvalue weighted by molar-refractivity contribution is 0.421. The predicted molar refractivity (Wildman–Crippen MR) is 53.7 cm³/mol. The third-order valence-corrected chi connectivity index (χ3v) is 1.87. The molecule has 0 aliphatic heterocycles. The topological polar surface area (TPSA) is 90.7 Å². The van der Waals surface area contributed by atoms with Gasteiger partial charge in [0.2, 0.25) is 0 Å². The van der Waals surface area contributed by atoms with Crippen molar-refractivity contribution in [3.05, 3.63) is 18.2 Å². The summed E-state index contributed by atoms with van der Waals surface area (Å²) < 4.78 is 5.04. The number of anilines is 1. The molecule has 6 heteroatoms. The molecule has 0 aliphatic carbocycles. The number of nitrogens with two attached hydrogens (primary N) is 1. The fraction of sp³-hybridized carbons (Fsp3) is 0.333. The molecule has 0 amide bonds. The molecule has 0 radical (unpaired) electrons. The summed E-state index contributed by atoms with van der Waals surface area (Å²) >= 11 is 0. The Balaban J connectivity index is 2.33. The van der Waals surface area contributed by atoms with E-state index in [2.05, 4.69) is 20.1 Å². The van der Waals surface area contributed by atoms with Gasteiger partial charge in [-0.2, -0.15) is 4.98 Å². The Bertz CT molecular complexity index is 453. The maximum atomic E-state index is 5.63. The summed E-state index contributed by atoms with van der Waals surface area (Å²) in [6.07, 6.45) is 4.80. The van der Waals surface area contributed by atoms with E-state index in [4.69, 9.17) is 10.3 Å². The SMILES string of the molecule is CCCc1noc(-c2nccnc2N)n1. The molecule has 78 valence electrons. The molecule has 0 spiro atoms. The second-order valence-electron chi connectivity index (χ2n) is 3.06. The molecule has 2 rings (SSSR count). The summed E-state index contributed by atoms with van der Waals surface area (Å²) in [6.45, 7) is 2.05. The monoisotopic (exact) mass is 205 g/mol. The van der Waals surface area contributed by atoms with E-state index in [1.807, 2.05) is 6.92 Å². The zero-order valence-electron chi connectivity index (χ0n) is 8.34. The molecular formula is C9H11N5O. The van der Waals surface area contributed by atoms with Gasteiger partial charge in [0, 0.05) is 18.8 Å². The minimum Gasteiger partial charge on any atom is -0.382 e. The van der Waals surface area contributed by atoms with E-state index >= 15 is 0 Å². The molecule has 0 atom stereocenters. The molecule has 2 aromatic rings. The van der Waals surface area contributed by atoms with E-state index in [0.29, 0.717) is 23.2 Å². The van der Waals surface area contributed by atoms with Crippen molar-refractivity contribution < 1.29 is 4.52 Å². The summed E-state index contributed by atoms with van der Waals surface area (Å²) in [7, 11) is 0. The number of aromatic nitrogens is 4. The lowest BCUT2D eigenvalue weighted by Gasteiger charge is -1.95. The average molecular weight is 205 g/mol. The molecule has 6 nitrogen and oxygen atoms in total. The molecule has 0 unspecified atom stereocenters. The number of nitrogen functional groups attached to an aromatic ring is 1. The Morgan fingerprint density at radius 3 is 2.87 bits per heavy atom. The first-order chi connectivity index (χ1) is 7.31. The van der Waals surface area contributed by atoms with Crippen LogP contribution in [-0.4, -0.2) is 20.1 Å². The van der Waals surface area contributed by atoms with Crippen LogP contribution in [0.1, 0.15) is 19.2 Å². The summed E-state index contributed by atoms with van der Waals surface area (Å²) in [6, 6.07) is 0. The predicted octanol–water partition coefficient (Wildman–Crippen LogP) is 1.06. The molecule has 2 N–H and O–H groups in total. The quantitative estimate of drug-likeness (QED) is 0.805. The normalized spacial score (nSPS) is 10.5. The van der Waals surface area contributed by atoms with Gasteiger partial charge in [0.05, 0.1) is 0 Å². The highest BCUT2D eigenvalue weighted by atomic mass is 16.5. The Labute approximate surface area is 86.5 Å². The number of hydrogen-bond donors (Lipinski definition) is 1. The van der Waals surface area contributed by atoms with E-state index in [0.717, 1.165) is 12.8 Å². The fourth-order valence-electron chi connectivity index (χ4n) is 1.19. The van der Waals surface area contributed by atoms with Crippen LogP contribution in [0, 0.1) is 0 Å².